The first-order chi connectivity index (χ1) is 27.7. The number of allylic oxidation sites excluding steroid dienone is 7. The van der Waals surface area contributed by atoms with Crippen LogP contribution in [-0.4, -0.2) is 84.1 Å². The molecular formula is C45H62FN7O4. The van der Waals surface area contributed by atoms with Gasteiger partial charge in [-0.25, -0.2) is 18.8 Å². The molecular weight excluding hydrogens is 722 g/mol. The topological polar surface area (TPSA) is 104 Å². The van der Waals surface area contributed by atoms with Gasteiger partial charge in [-0.05, 0) is 114 Å². The number of carbonyl (C=O) groups excluding carboxylic acids is 1. The molecule has 57 heavy (non-hydrogen) atoms. The molecule has 6 rings (SSSR count). The summed E-state index contributed by atoms with van der Waals surface area (Å²) < 4.78 is 27.4. The van der Waals surface area contributed by atoms with Crippen molar-refractivity contribution in [2.75, 3.05) is 57.6 Å². The van der Waals surface area contributed by atoms with Crippen LogP contribution >= 0.6 is 0 Å². The summed E-state index contributed by atoms with van der Waals surface area (Å²) in [5.74, 6) is 2.42. The Morgan fingerprint density at radius 2 is 1.74 bits per heavy atom. The molecule has 308 valence electrons. The highest BCUT2D eigenvalue weighted by atomic mass is 19.1. The normalized spacial score (nSPS) is 20.3. The van der Waals surface area contributed by atoms with E-state index in [1.54, 1.807) is 27.8 Å². The van der Waals surface area contributed by atoms with E-state index in [4.69, 9.17) is 14.5 Å². The molecule has 11 nitrogen and oxygen atoms in total. The predicted molar refractivity (Wildman–Crippen MR) is 226 cm³/mol. The number of carbonyl (C=O) groups is 1. The highest BCUT2D eigenvalue weighted by molar-refractivity contribution is 5.80. The monoisotopic (exact) mass is 783 g/mol. The summed E-state index contributed by atoms with van der Waals surface area (Å²) >= 11 is 0. The number of aromatic nitrogens is 2. The number of piperazine rings is 1. The molecule has 1 aromatic carbocycles. The molecule has 4 fully saturated rings. The number of para-hydroxylation sites is 1. The minimum atomic E-state index is -0.805. The van der Waals surface area contributed by atoms with E-state index in [1.807, 2.05) is 51.1 Å². The molecule has 2 atom stereocenters. The number of urea groups is 1. The third kappa shape index (κ3) is 11.0. The summed E-state index contributed by atoms with van der Waals surface area (Å²) in [7, 11) is 0. The molecule has 2 amide bonds. The van der Waals surface area contributed by atoms with Crippen molar-refractivity contribution in [3.63, 3.8) is 0 Å². The van der Waals surface area contributed by atoms with Crippen LogP contribution in [0.5, 0.6) is 0 Å². The fourth-order valence-electron chi connectivity index (χ4n) is 7.48. The van der Waals surface area contributed by atoms with Gasteiger partial charge in [-0.15, -0.1) is 0 Å². The van der Waals surface area contributed by atoms with E-state index in [0.29, 0.717) is 90.2 Å². The number of hydrogen-bond donors (Lipinski definition) is 2. The highest BCUT2D eigenvalue weighted by Crippen LogP contribution is 2.34. The van der Waals surface area contributed by atoms with E-state index in [1.165, 1.54) is 24.6 Å². The third-order valence-corrected chi connectivity index (χ3v) is 11.0. The third-order valence-electron chi connectivity index (χ3n) is 11.0. The van der Waals surface area contributed by atoms with Gasteiger partial charge in [0.15, 0.2) is 5.82 Å². The number of fused-ring (bicyclic) bond motifs is 1. The number of ether oxygens (including phenoxy) is 2. The van der Waals surface area contributed by atoms with Crippen LogP contribution in [0.1, 0.15) is 90.9 Å². The number of benzene rings is 1. The van der Waals surface area contributed by atoms with Crippen LogP contribution in [-0.2, 0) is 9.47 Å². The van der Waals surface area contributed by atoms with Crippen LogP contribution in [0.2, 0.25) is 0 Å². The van der Waals surface area contributed by atoms with Crippen molar-refractivity contribution in [1.82, 2.24) is 30.1 Å². The van der Waals surface area contributed by atoms with Crippen LogP contribution in [0.4, 0.5) is 9.18 Å². The Morgan fingerprint density at radius 3 is 2.39 bits per heavy atom. The number of nitrogens with one attached hydrogen (secondary N) is 2. The molecule has 2 unspecified atom stereocenters. The predicted octanol–water partition coefficient (Wildman–Crippen LogP) is 7.74. The lowest BCUT2D eigenvalue weighted by Gasteiger charge is -2.42. The van der Waals surface area contributed by atoms with Gasteiger partial charge in [-0.1, -0.05) is 50.8 Å². The number of amides is 2. The smallest absolute Gasteiger partial charge is 0.327 e. The van der Waals surface area contributed by atoms with Gasteiger partial charge in [0.25, 0.3) is 5.56 Å². The Kier molecular flexibility index (Phi) is 14.7. The Balaban J connectivity index is 1.42. The molecule has 0 radical (unpaired) electrons. The lowest BCUT2D eigenvalue weighted by atomic mass is 10.1. The van der Waals surface area contributed by atoms with Gasteiger partial charge in [-0.2, -0.15) is 0 Å². The zero-order valence-corrected chi connectivity index (χ0v) is 34.4. The molecule has 0 spiro atoms. The van der Waals surface area contributed by atoms with Crippen molar-refractivity contribution in [2.45, 2.75) is 91.1 Å². The number of halogens is 1. The largest absolute Gasteiger partial charge is 0.498 e. The van der Waals surface area contributed by atoms with Crippen molar-refractivity contribution >= 4 is 16.9 Å². The summed E-state index contributed by atoms with van der Waals surface area (Å²) in [6.07, 6.45) is 19.1. The minimum Gasteiger partial charge on any atom is -0.498 e. The fraction of sp³-hybridized carbons (Fsp3) is 0.533. The second-order valence-electron chi connectivity index (χ2n) is 15.6. The molecule has 2 saturated heterocycles. The summed E-state index contributed by atoms with van der Waals surface area (Å²) in [5.41, 5.74) is 2.52. The molecule has 4 aliphatic rings. The maximum Gasteiger partial charge on any atom is 0.327 e. The van der Waals surface area contributed by atoms with Gasteiger partial charge < -0.3 is 30.0 Å². The fourth-order valence-corrected chi connectivity index (χ4v) is 7.48. The zero-order chi connectivity index (χ0) is 40.3. The van der Waals surface area contributed by atoms with E-state index in [2.05, 4.69) is 40.1 Å². The standard InChI is InChI=1S/C45H62FN7O4/c1-6-12-37(14-10-24-46)48-45(55)52(41(34(5)57-31-36-21-22-36)23-18-32(3)56-30-35-19-20-35)33(4)43-49-39-16-9-8-15-38(39)44(54)53(43)51-28-26-50(27-29-51)42(13-7-2)40-17-11-25-47-40/h8-10,12-16,18,23,33,35-36,40,47H,5-7,11,17,19-22,24-31H2,1-4H3,(H,48,55)/b14-10-,32-18+,37-12+,41-23+,42-13-. The summed E-state index contributed by atoms with van der Waals surface area (Å²) in [5, 5.41) is 9.25. The molecule has 2 aliphatic carbocycles. The first-order valence-corrected chi connectivity index (χ1v) is 21.0. The molecule has 2 aromatic rings. The number of nitrogens with zero attached hydrogens (tertiary/aromatic N) is 5. The van der Waals surface area contributed by atoms with Crippen LogP contribution in [0.25, 0.3) is 10.9 Å². The Morgan fingerprint density at radius 1 is 1.04 bits per heavy atom. The van der Waals surface area contributed by atoms with Crippen molar-refractivity contribution in [3.8, 4) is 0 Å². The van der Waals surface area contributed by atoms with Crippen molar-refractivity contribution in [3.05, 3.63) is 112 Å². The second kappa shape index (κ2) is 20.0. The molecule has 12 heteroatoms. The van der Waals surface area contributed by atoms with Crippen molar-refractivity contribution < 1.29 is 18.7 Å². The molecule has 1 aromatic heterocycles. The molecule has 2 aliphatic heterocycles. The van der Waals surface area contributed by atoms with Crippen molar-refractivity contribution in [1.29, 1.82) is 0 Å². The minimum absolute atomic E-state index is 0.200. The Bertz CT molecular complexity index is 1930. The van der Waals surface area contributed by atoms with Gasteiger partial charge in [0.05, 0.1) is 54.7 Å². The van der Waals surface area contributed by atoms with Gasteiger partial charge in [0, 0.05) is 30.5 Å². The summed E-state index contributed by atoms with van der Waals surface area (Å²) in [6, 6.07) is 6.38. The van der Waals surface area contributed by atoms with Gasteiger partial charge in [0.1, 0.15) is 12.4 Å². The van der Waals surface area contributed by atoms with Crippen LogP contribution in [0, 0.1) is 11.8 Å². The molecule has 2 N–H and O–H groups in total. The number of hydrogen-bond acceptors (Lipinski definition) is 8. The van der Waals surface area contributed by atoms with E-state index in [-0.39, 0.29) is 5.56 Å². The maximum absolute atomic E-state index is 14.8. The maximum atomic E-state index is 14.8. The first kappa shape index (κ1) is 41.8. The highest BCUT2D eigenvalue weighted by Gasteiger charge is 2.35. The second-order valence-corrected chi connectivity index (χ2v) is 15.6. The Labute approximate surface area is 337 Å². The summed E-state index contributed by atoms with van der Waals surface area (Å²) in [4.78, 5) is 38.7. The van der Waals surface area contributed by atoms with Crippen molar-refractivity contribution in [2.24, 2.45) is 11.8 Å². The van der Waals surface area contributed by atoms with Crippen LogP contribution < -0.4 is 21.2 Å². The van der Waals surface area contributed by atoms with E-state index >= 15 is 0 Å². The van der Waals surface area contributed by atoms with E-state index < -0.39 is 18.7 Å². The average Bonchev–Trinajstić information content (AvgIpc) is 4.17. The quantitative estimate of drug-likeness (QED) is 0.110. The van der Waals surface area contributed by atoms with Crippen LogP contribution in [0.15, 0.2) is 101 Å². The molecule has 3 heterocycles. The van der Waals surface area contributed by atoms with E-state index in [0.717, 1.165) is 51.7 Å². The SMILES string of the molecule is C=C(OCC1CC1)/C(=C\C=C(/C)OCC1CC1)N(C(=O)NC(/C=C\CF)=C/CC)C(C)c1nc2ccccc2c(=O)n1N1CCN(/C(=C\CC)C2CCCN2)CC1. The lowest BCUT2D eigenvalue weighted by molar-refractivity contribution is 0.168. The lowest BCUT2D eigenvalue weighted by Crippen LogP contribution is -2.56. The number of rotatable bonds is 19. The van der Waals surface area contributed by atoms with Gasteiger partial charge in [0.2, 0.25) is 0 Å². The summed E-state index contributed by atoms with van der Waals surface area (Å²) in [6.45, 7) is 16.3. The first-order valence-electron chi connectivity index (χ1n) is 21.0. The van der Waals surface area contributed by atoms with Gasteiger partial charge >= 0.3 is 6.03 Å². The average molecular weight is 784 g/mol. The Hall–Kier alpha value is -4.84. The zero-order valence-electron chi connectivity index (χ0n) is 34.4. The molecule has 2 saturated carbocycles. The van der Waals surface area contributed by atoms with E-state index in [9.17, 15) is 14.0 Å². The van der Waals surface area contributed by atoms with Gasteiger partial charge in [-0.3, -0.25) is 9.69 Å². The number of alkyl halides is 1. The van der Waals surface area contributed by atoms with Crippen LogP contribution in [0.3, 0.4) is 0 Å². The molecule has 0 bridgehead atoms.